The molecule has 1 N–H and O–H groups in total. The van der Waals surface area contributed by atoms with E-state index in [1.165, 1.54) is 11.1 Å². The summed E-state index contributed by atoms with van der Waals surface area (Å²) in [5.41, 5.74) is 5.50. The van der Waals surface area contributed by atoms with Crippen molar-refractivity contribution >= 4 is 17.7 Å². The van der Waals surface area contributed by atoms with E-state index < -0.39 is 0 Å². The van der Waals surface area contributed by atoms with Gasteiger partial charge in [-0.2, -0.15) is 0 Å². The van der Waals surface area contributed by atoms with Crippen LogP contribution in [0.15, 0.2) is 48.5 Å². The highest BCUT2D eigenvalue weighted by Crippen LogP contribution is 2.16. The van der Waals surface area contributed by atoms with Crippen LogP contribution < -0.4 is 5.32 Å². The van der Waals surface area contributed by atoms with Crippen LogP contribution in [0, 0.1) is 13.8 Å². The molecule has 2 rings (SSSR count). The summed E-state index contributed by atoms with van der Waals surface area (Å²) in [6, 6.07) is 14.1. The number of hydrogen-bond donors (Lipinski definition) is 1. The monoisotopic (exact) mass is 279 g/mol. The Hall–Kier alpha value is -2.35. The third-order valence-corrected chi connectivity index (χ3v) is 3.50. The summed E-state index contributed by atoms with van der Waals surface area (Å²) in [6.07, 6.45) is 4.35. The fourth-order valence-corrected chi connectivity index (χ4v) is 2.30. The van der Waals surface area contributed by atoms with Crippen molar-refractivity contribution < 1.29 is 4.79 Å². The zero-order valence-electron chi connectivity index (χ0n) is 12.8. The highest BCUT2D eigenvalue weighted by molar-refractivity contribution is 6.02. The molecule has 0 fully saturated rings. The van der Waals surface area contributed by atoms with E-state index in [4.69, 9.17) is 0 Å². The van der Waals surface area contributed by atoms with Gasteiger partial charge in [-0.25, -0.2) is 0 Å². The van der Waals surface area contributed by atoms with Crippen molar-refractivity contribution in [3.05, 3.63) is 70.8 Å². The molecule has 2 aromatic rings. The van der Waals surface area contributed by atoms with Crippen LogP contribution in [0.5, 0.6) is 0 Å². The zero-order valence-corrected chi connectivity index (χ0v) is 12.8. The zero-order chi connectivity index (χ0) is 15.2. The van der Waals surface area contributed by atoms with E-state index in [1.807, 2.05) is 36.4 Å². The van der Waals surface area contributed by atoms with Gasteiger partial charge in [0.05, 0.1) is 0 Å². The molecule has 0 saturated carbocycles. The van der Waals surface area contributed by atoms with Crippen LogP contribution in [0.3, 0.4) is 0 Å². The van der Waals surface area contributed by atoms with Crippen LogP contribution in [0.4, 0.5) is 5.69 Å². The van der Waals surface area contributed by atoms with Crippen LogP contribution >= 0.6 is 0 Å². The van der Waals surface area contributed by atoms with Crippen LogP contribution in [0.25, 0.3) is 6.08 Å². The van der Waals surface area contributed by atoms with E-state index in [1.54, 1.807) is 6.08 Å². The summed E-state index contributed by atoms with van der Waals surface area (Å²) in [7, 11) is 0. The van der Waals surface area contributed by atoms with E-state index in [2.05, 4.69) is 38.2 Å². The van der Waals surface area contributed by atoms with Crippen molar-refractivity contribution in [1.29, 1.82) is 0 Å². The molecular weight excluding hydrogens is 258 g/mol. The molecule has 0 aliphatic rings. The Kier molecular flexibility index (Phi) is 4.94. The highest BCUT2D eigenvalue weighted by Gasteiger charge is 2.02. The van der Waals surface area contributed by atoms with E-state index in [9.17, 15) is 4.79 Å². The molecule has 2 nitrogen and oxygen atoms in total. The molecule has 1 amide bonds. The second-order valence-corrected chi connectivity index (χ2v) is 5.19. The normalized spacial score (nSPS) is 10.8. The number of para-hydroxylation sites is 1. The lowest BCUT2D eigenvalue weighted by Gasteiger charge is -2.07. The smallest absolute Gasteiger partial charge is 0.248 e. The number of benzene rings is 2. The van der Waals surface area contributed by atoms with Gasteiger partial charge >= 0.3 is 0 Å². The first-order valence-corrected chi connectivity index (χ1v) is 7.24. The predicted molar refractivity (Wildman–Crippen MR) is 89.4 cm³/mol. The van der Waals surface area contributed by atoms with Gasteiger partial charge in [-0.1, -0.05) is 48.9 Å². The van der Waals surface area contributed by atoms with Crippen molar-refractivity contribution in [2.24, 2.45) is 0 Å². The van der Waals surface area contributed by atoms with Crippen molar-refractivity contribution in [2.45, 2.75) is 27.2 Å². The molecule has 2 heteroatoms. The summed E-state index contributed by atoms with van der Waals surface area (Å²) in [5.74, 6) is -0.101. The first-order valence-electron chi connectivity index (χ1n) is 7.24. The highest BCUT2D eigenvalue weighted by atomic mass is 16.1. The Bertz CT molecular complexity index is 671. The summed E-state index contributed by atoms with van der Waals surface area (Å²) in [4.78, 5) is 12.0. The van der Waals surface area contributed by atoms with E-state index in [-0.39, 0.29) is 5.91 Å². The molecule has 0 spiro atoms. The van der Waals surface area contributed by atoms with E-state index in [0.717, 1.165) is 23.2 Å². The predicted octanol–water partition coefficient (Wildman–Crippen LogP) is 4.52. The molecule has 0 aromatic heterocycles. The molecule has 0 bridgehead atoms. The maximum absolute atomic E-state index is 12.0. The second-order valence-electron chi connectivity index (χ2n) is 5.19. The summed E-state index contributed by atoms with van der Waals surface area (Å²) in [6.45, 7) is 6.20. The van der Waals surface area contributed by atoms with Crippen molar-refractivity contribution in [3.8, 4) is 0 Å². The van der Waals surface area contributed by atoms with Gasteiger partial charge in [-0.05, 0) is 49.1 Å². The van der Waals surface area contributed by atoms with Gasteiger partial charge in [-0.15, -0.1) is 0 Å². The Morgan fingerprint density at radius 2 is 1.90 bits per heavy atom. The molecule has 108 valence electrons. The second kappa shape index (κ2) is 6.89. The SMILES string of the molecule is CCc1ccccc1NC(=O)/C=C/c1ccc(C)cc1C. The summed E-state index contributed by atoms with van der Waals surface area (Å²) >= 11 is 0. The summed E-state index contributed by atoms with van der Waals surface area (Å²) in [5, 5.41) is 2.94. The van der Waals surface area contributed by atoms with Gasteiger partial charge in [-0.3, -0.25) is 4.79 Å². The minimum atomic E-state index is -0.101. The Labute approximate surface area is 126 Å². The molecule has 0 aliphatic carbocycles. The molecule has 0 radical (unpaired) electrons. The van der Waals surface area contributed by atoms with Crippen molar-refractivity contribution in [3.63, 3.8) is 0 Å². The quantitative estimate of drug-likeness (QED) is 0.819. The number of anilines is 1. The fourth-order valence-electron chi connectivity index (χ4n) is 2.30. The van der Waals surface area contributed by atoms with Gasteiger partial charge in [0, 0.05) is 11.8 Å². The molecule has 2 aromatic carbocycles. The van der Waals surface area contributed by atoms with Crippen LogP contribution in [-0.2, 0) is 11.2 Å². The molecule has 0 saturated heterocycles. The standard InChI is InChI=1S/C19H21NO/c1-4-16-7-5-6-8-18(16)20-19(21)12-11-17-10-9-14(2)13-15(17)3/h5-13H,4H2,1-3H3,(H,20,21)/b12-11+. The minimum Gasteiger partial charge on any atom is -0.322 e. The lowest BCUT2D eigenvalue weighted by atomic mass is 10.1. The number of hydrogen-bond acceptors (Lipinski definition) is 1. The minimum absolute atomic E-state index is 0.101. The van der Waals surface area contributed by atoms with Gasteiger partial charge in [0.15, 0.2) is 0 Å². The fraction of sp³-hybridized carbons (Fsp3) is 0.211. The largest absolute Gasteiger partial charge is 0.322 e. The molecular formula is C19H21NO. The van der Waals surface area contributed by atoms with Gasteiger partial charge < -0.3 is 5.32 Å². The average molecular weight is 279 g/mol. The van der Waals surface area contributed by atoms with Gasteiger partial charge in [0.2, 0.25) is 5.91 Å². The Balaban J connectivity index is 2.09. The van der Waals surface area contributed by atoms with Crippen molar-refractivity contribution in [2.75, 3.05) is 5.32 Å². The molecule has 0 unspecified atom stereocenters. The van der Waals surface area contributed by atoms with Crippen LogP contribution in [0.2, 0.25) is 0 Å². The third-order valence-electron chi connectivity index (χ3n) is 3.50. The lowest BCUT2D eigenvalue weighted by Crippen LogP contribution is -2.09. The van der Waals surface area contributed by atoms with Gasteiger partial charge in [0.1, 0.15) is 0 Å². The number of nitrogens with one attached hydrogen (secondary N) is 1. The molecule has 0 aliphatic heterocycles. The van der Waals surface area contributed by atoms with Gasteiger partial charge in [0.25, 0.3) is 0 Å². The third kappa shape index (κ3) is 4.06. The summed E-state index contributed by atoms with van der Waals surface area (Å²) < 4.78 is 0. The lowest BCUT2D eigenvalue weighted by molar-refractivity contribution is -0.111. The Morgan fingerprint density at radius 1 is 1.14 bits per heavy atom. The average Bonchev–Trinajstić information content (AvgIpc) is 2.47. The number of carbonyl (C=O) groups excluding carboxylic acids is 1. The molecule has 21 heavy (non-hydrogen) atoms. The first-order chi connectivity index (χ1) is 10.1. The topological polar surface area (TPSA) is 29.1 Å². The van der Waals surface area contributed by atoms with Crippen LogP contribution in [-0.4, -0.2) is 5.91 Å². The number of amides is 1. The van der Waals surface area contributed by atoms with Crippen LogP contribution in [0.1, 0.15) is 29.2 Å². The van der Waals surface area contributed by atoms with Crippen molar-refractivity contribution in [1.82, 2.24) is 0 Å². The van der Waals surface area contributed by atoms with E-state index in [0.29, 0.717) is 0 Å². The Morgan fingerprint density at radius 3 is 2.62 bits per heavy atom. The number of carbonyl (C=O) groups is 1. The maximum Gasteiger partial charge on any atom is 0.248 e. The number of aryl methyl sites for hydroxylation is 3. The number of rotatable bonds is 4. The van der Waals surface area contributed by atoms with E-state index >= 15 is 0 Å². The molecule has 0 atom stereocenters. The molecule has 0 heterocycles. The first kappa shape index (κ1) is 15.0. The maximum atomic E-state index is 12.0.